The van der Waals surface area contributed by atoms with Gasteiger partial charge < -0.3 is 9.64 Å². The van der Waals surface area contributed by atoms with E-state index in [1.165, 1.54) is 0 Å². The van der Waals surface area contributed by atoms with Crippen molar-refractivity contribution >= 4 is 33.6 Å². The number of likely N-dealkylation sites (tertiary alicyclic amines) is 1. The van der Waals surface area contributed by atoms with E-state index in [4.69, 9.17) is 4.74 Å². The molecule has 6 heteroatoms. The monoisotopic (exact) mass is 395 g/mol. The molecule has 5 nitrogen and oxygen atoms in total. The van der Waals surface area contributed by atoms with Gasteiger partial charge in [0.15, 0.2) is 5.78 Å². The fourth-order valence-corrected chi connectivity index (χ4v) is 3.08. The van der Waals surface area contributed by atoms with E-state index in [0.717, 1.165) is 17.3 Å². The van der Waals surface area contributed by atoms with Gasteiger partial charge in [0, 0.05) is 36.0 Å². The molecule has 0 bridgehead atoms. The van der Waals surface area contributed by atoms with Gasteiger partial charge in [-0.2, -0.15) is 0 Å². The van der Waals surface area contributed by atoms with Gasteiger partial charge in [-0.3, -0.25) is 14.4 Å². The molecule has 0 saturated carbocycles. The highest BCUT2D eigenvalue weighted by Crippen LogP contribution is 2.19. The maximum Gasteiger partial charge on any atom is 0.310 e. The Morgan fingerprint density at radius 2 is 1.92 bits per heavy atom. The predicted octanol–water partition coefficient (Wildman–Crippen LogP) is 3.21. The summed E-state index contributed by atoms with van der Waals surface area (Å²) in [7, 11) is 0. The molecule has 1 amide bonds. The normalized spacial score (nSPS) is 17.4. The number of benzene rings is 1. The number of piperidine rings is 1. The maximum atomic E-state index is 12.3. The van der Waals surface area contributed by atoms with Crippen molar-refractivity contribution in [1.29, 1.82) is 0 Å². The molecule has 1 aliphatic heterocycles. The van der Waals surface area contributed by atoms with Gasteiger partial charge in [0.25, 0.3) is 0 Å². The summed E-state index contributed by atoms with van der Waals surface area (Å²) in [6.45, 7) is 3.16. The van der Waals surface area contributed by atoms with E-state index in [-0.39, 0.29) is 36.4 Å². The molecule has 1 unspecified atom stereocenters. The number of halogens is 1. The van der Waals surface area contributed by atoms with Gasteiger partial charge in [-0.15, -0.1) is 0 Å². The van der Waals surface area contributed by atoms with Crippen LogP contribution >= 0.6 is 15.9 Å². The third-order valence-electron chi connectivity index (χ3n) is 4.13. The first-order valence-electron chi connectivity index (χ1n) is 8.24. The summed E-state index contributed by atoms with van der Waals surface area (Å²) in [4.78, 5) is 38.0. The number of hydrogen-bond donors (Lipinski definition) is 0. The predicted molar refractivity (Wildman–Crippen MR) is 93.6 cm³/mol. The fraction of sp³-hybridized carbons (Fsp3) is 0.500. The average Bonchev–Trinajstić information content (AvgIpc) is 2.60. The molecule has 0 aliphatic carbocycles. The van der Waals surface area contributed by atoms with Crippen LogP contribution in [0.3, 0.4) is 0 Å². The van der Waals surface area contributed by atoms with Crippen LogP contribution < -0.4 is 0 Å². The van der Waals surface area contributed by atoms with Crippen LogP contribution in [0.25, 0.3) is 0 Å². The Morgan fingerprint density at radius 3 is 2.58 bits per heavy atom. The molecule has 1 aromatic rings. The van der Waals surface area contributed by atoms with Gasteiger partial charge >= 0.3 is 5.97 Å². The zero-order valence-corrected chi connectivity index (χ0v) is 15.4. The molecule has 0 radical (unpaired) electrons. The van der Waals surface area contributed by atoms with Crippen molar-refractivity contribution in [3.05, 3.63) is 34.3 Å². The maximum absolute atomic E-state index is 12.3. The van der Waals surface area contributed by atoms with Gasteiger partial charge in [0.05, 0.1) is 12.5 Å². The van der Waals surface area contributed by atoms with E-state index in [0.29, 0.717) is 25.3 Å². The number of rotatable bonds is 6. The van der Waals surface area contributed by atoms with Crippen molar-refractivity contribution < 1.29 is 19.1 Å². The molecule has 1 atom stereocenters. The van der Waals surface area contributed by atoms with Crippen molar-refractivity contribution in [3.8, 4) is 0 Å². The minimum Gasteiger partial charge on any atom is -0.466 e. The van der Waals surface area contributed by atoms with Crippen molar-refractivity contribution in [2.75, 3.05) is 19.7 Å². The van der Waals surface area contributed by atoms with Gasteiger partial charge in [0.1, 0.15) is 0 Å². The van der Waals surface area contributed by atoms with Gasteiger partial charge in [-0.1, -0.05) is 28.1 Å². The molecule has 0 N–H and O–H groups in total. The first-order valence-corrected chi connectivity index (χ1v) is 9.03. The lowest BCUT2D eigenvalue weighted by Gasteiger charge is -2.31. The smallest absolute Gasteiger partial charge is 0.310 e. The first-order chi connectivity index (χ1) is 11.5. The molecule has 24 heavy (non-hydrogen) atoms. The second kappa shape index (κ2) is 8.97. The summed E-state index contributed by atoms with van der Waals surface area (Å²) in [6.07, 6.45) is 1.89. The number of carbonyl (C=O) groups excluding carboxylic acids is 3. The Morgan fingerprint density at radius 1 is 1.21 bits per heavy atom. The van der Waals surface area contributed by atoms with Crippen LogP contribution in [0.1, 0.15) is 43.0 Å². The molecular formula is C18H22BrNO4. The molecule has 1 saturated heterocycles. The SMILES string of the molecule is CCOC(=O)C1CCCN(C(=O)CCC(=O)c2ccc(Br)cc2)C1. The number of ether oxygens (including phenoxy) is 1. The number of hydrogen-bond acceptors (Lipinski definition) is 4. The zero-order chi connectivity index (χ0) is 17.5. The van der Waals surface area contributed by atoms with Gasteiger partial charge in [-0.05, 0) is 31.9 Å². The van der Waals surface area contributed by atoms with Crippen LogP contribution in [0.15, 0.2) is 28.7 Å². The number of Topliss-reactive ketones (excluding diaryl/α,β-unsaturated/α-hetero) is 1. The Hall–Kier alpha value is -1.69. The summed E-state index contributed by atoms with van der Waals surface area (Å²) >= 11 is 3.33. The van der Waals surface area contributed by atoms with Crippen LogP contribution in [0.5, 0.6) is 0 Å². The van der Waals surface area contributed by atoms with Crippen LogP contribution in [-0.4, -0.2) is 42.3 Å². The largest absolute Gasteiger partial charge is 0.466 e. The summed E-state index contributed by atoms with van der Waals surface area (Å²) in [5.41, 5.74) is 0.606. The Bertz CT molecular complexity index is 600. The van der Waals surface area contributed by atoms with Crippen LogP contribution in [0, 0.1) is 5.92 Å². The lowest BCUT2D eigenvalue weighted by molar-refractivity contribution is -0.151. The number of esters is 1. The zero-order valence-electron chi connectivity index (χ0n) is 13.8. The quantitative estimate of drug-likeness (QED) is 0.547. The Balaban J connectivity index is 1.84. The van der Waals surface area contributed by atoms with E-state index in [9.17, 15) is 14.4 Å². The van der Waals surface area contributed by atoms with Crippen molar-refractivity contribution in [2.45, 2.75) is 32.6 Å². The molecule has 1 heterocycles. The van der Waals surface area contributed by atoms with E-state index >= 15 is 0 Å². The number of amides is 1. The molecule has 0 aromatic heterocycles. The minimum atomic E-state index is -0.246. The first kappa shape index (κ1) is 18.6. The molecule has 1 aromatic carbocycles. The van der Waals surface area contributed by atoms with Crippen LogP contribution in [0.2, 0.25) is 0 Å². The van der Waals surface area contributed by atoms with E-state index in [1.54, 1.807) is 24.0 Å². The van der Waals surface area contributed by atoms with E-state index in [2.05, 4.69) is 15.9 Å². The average molecular weight is 396 g/mol. The highest BCUT2D eigenvalue weighted by molar-refractivity contribution is 9.10. The topological polar surface area (TPSA) is 63.7 Å². The van der Waals surface area contributed by atoms with Crippen LogP contribution in [-0.2, 0) is 14.3 Å². The summed E-state index contributed by atoms with van der Waals surface area (Å²) in [6, 6.07) is 7.11. The van der Waals surface area contributed by atoms with Gasteiger partial charge in [0.2, 0.25) is 5.91 Å². The summed E-state index contributed by atoms with van der Waals surface area (Å²) in [5.74, 6) is -0.602. The Kier molecular flexibility index (Phi) is 6.97. The Labute approximate surface area is 150 Å². The lowest BCUT2D eigenvalue weighted by Crippen LogP contribution is -2.42. The standard InChI is InChI=1S/C18H22BrNO4/c1-2-24-18(23)14-4-3-11-20(12-14)17(22)10-9-16(21)13-5-7-15(19)8-6-13/h5-8,14H,2-4,9-12H2,1H3. The summed E-state index contributed by atoms with van der Waals surface area (Å²) in [5, 5.41) is 0. The third-order valence-corrected chi connectivity index (χ3v) is 4.65. The minimum absolute atomic E-state index is 0.0465. The second-order valence-corrected chi connectivity index (χ2v) is 6.78. The number of nitrogens with zero attached hydrogens (tertiary/aromatic N) is 1. The fourth-order valence-electron chi connectivity index (χ4n) is 2.81. The molecule has 130 valence electrons. The van der Waals surface area contributed by atoms with Gasteiger partial charge in [-0.25, -0.2) is 0 Å². The van der Waals surface area contributed by atoms with Crippen molar-refractivity contribution in [2.24, 2.45) is 5.92 Å². The summed E-state index contributed by atoms with van der Waals surface area (Å²) < 4.78 is 5.95. The molecule has 2 rings (SSSR count). The number of ketones is 1. The van der Waals surface area contributed by atoms with E-state index < -0.39 is 0 Å². The van der Waals surface area contributed by atoms with Crippen molar-refractivity contribution in [3.63, 3.8) is 0 Å². The van der Waals surface area contributed by atoms with Crippen LogP contribution in [0.4, 0.5) is 0 Å². The number of carbonyl (C=O) groups is 3. The molecule has 1 fully saturated rings. The highest BCUT2D eigenvalue weighted by atomic mass is 79.9. The lowest BCUT2D eigenvalue weighted by atomic mass is 9.97. The van der Waals surface area contributed by atoms with Crippen molar-refractivity contribution in [1.82, 2.24) is 4.90 Å². The van der Waals surface area contributed by atoms with E-state index in [1.807, 2.05) is 12.1 Å². The molecule has 0 spiro atoms. The second-order valence-electron chi connectivity index (χ2n) is 5.86. The highest BCUT2D eigenvalue weighted by Gasteiger charge is 2.29. The molecular weight excluding hydrogens is 374 g/mol. The molecule has 1 aliphatic rings. The third kappa shape index (κ3) is 5.16.